The SMILES string of the molecule is O=C(c1ccc2n[nH]nc2c1)N1[C@@H]2CC[C@H]1CC(c1ccc(F)cc1)C2. The zero-order valence-corrected chi connectivity index (χ0v) is 14.2. The van der Waals surface area contributed by atoms with Gasteiger partial charge in [-0.25, -0.2) is 4.39 Å². The van der Waals surface area contributed by atoms with Crippen LogP contribution in [0.4, 0.5) is 4.39 Å². The summed E-state index contributed by atoms with van der Waals surface area (Å²) in [5.41, 5.74) is 3.33. The van der Waals surface area contributed by atoms with Crippen LogP contribution >= 0.6 is 0 Å². The molecule has 2 aliphatic rings. The zero-order chi connectivity index (χ0) is 17.7. The Morgan fingerprint density at radius 2 is 1.69 bits per heavy atom. The maximum absolute atomic E-state index is 13.2. The summed E-state index contributed by atoms with van der Waals surface area (Å²) in [6, 6.07) is 12.8. The largest absolute Gasteiger partial charge is 0.333 e. The second-order valence-electron chi connectivity index (χ2n) is 7.34. The molecule has 1 amide bonds. The summed E-state index contributed by atoms with van der Waals surface area (Å²) in [5.74, 6) is 0.280. The predicted molar refractivity (Wildman–Crippen MR) is 95.2 cm³/mol. The summed E-state index contributed by atoms with van der Waals surface area (Å²) in [7, 11) is 0. The van der Waals surface area contributed by atoms with Crippen LogP contribution in [0.3, 0.4) is 0 Å². The van der Waals surface area contributed by atoms with Gasteiger partial charge in [0.2, 0.25) is 0 Å². The molecule has 3 aromatic rings. The molecule has 0 spiro atoms. The van der Waals surface area contributed by atoms with Crippen LogP contribution in [0, 0.1) is 5.82 Å². The van der Waals surface area contributed by atoms with Gasteiger partial charge in [0.25, 0.3) is 5.91 Å². The highest BCUT2D eigenvalue weighted by Crippen LogP contribution is 2.43. The number of amides is 1. The van der Waals surface area contributed by atoms with Crippen molar-refractivity contribution in [2.24, 2.45) is 0 Å². The molecule has 5 nitrogen and oxygen atoms in total. The van der Waals surface area contributed by atoms with Crippen LogP contribution in [0.5, 0.6) is 0 Å². The standard InChI is InChI=1S/C20H19FN4O/c21-15-4-1-12(2-5-15)14-9-16-6-7-17(10-14)25(16)20(26)13-3-8-18-19(11-13)23-24-22-18/h1-5,8,11,14,16-17H,6-7,9-10H2,(H,22,23,24)/t14?,16-,17+. The molecule has 3 atom stereocenters. The van der Waals surface area contributed by atoms with Crippen LogP contribution in [0.15, 0.2) is 42.5 Å². The van der Waals surface area contributed by atoms with E-state index < -0.39 is 0 Å². The number of nitrogens with one attached hydrogen (secondary N) is 1. The molecule has 0 saturated carbocycles. The van der Waals surface area contributed by atoms with Gasteiger partial charge in [-0.15, -0.1) is 0 Å². The molecule has 2 aromatic carbocycles. The maximum atomic E-state index is 13.2. The van der Waals surface area contributed by atoms with Crippen molar-refractivity contribution in [1.29, 1.82) is 0 Å². The van der Waals surface area contributed by atoms with Crippen molar-refractivity contribution in [2.75, 3.05) is 0 Å². The van der Waals surface area contributed by atoms with E-state index in [-0.39, 0.29) is 23.8 Å². The number of hydrogen-bond donors (Lipinski definition) is 1. The first kappa shape index (κ1) is 15.5. The minimum atomic E-state index is -0.201. The molecule has 26 heavy (non-hydrogen) atoms. The van der Waals surface area contributed by atoms with Crippen LogP contribution in [0.1, 0.15) is 47.5 Å². The average molecular weight is 350 g/mol. The van der Waals surface area contributed by atoms with E-state index in [4.69, 9.17) is 0 Å². The van der Waals surface area contributed by atoms with E-state index in [0.29, 0.717) is 17.0 Å². The van der Waals surface area contributed by atoms with Crippen molar-refractivity contribution >= 4 is 16.9 Å². The summed E-state index contributed by atoms with van der Waals surface area (Å²) in [4.78, 5) is 15.2. The number of carbonyl (C=O) groups excluding carboxylic acids is 1. The number of aromatic amines is 1. The Morgan fingerprint density at radius 1 is 1.00 bits per heavy atom. The van der Waals surface area contributed by atoms with Crippen molar-refractivity contribution in [1.82, 2.24) is 20.3 Å². The number of piperidine rings is 1. The molecular weight excluding hydrogens is 331 g/mol. The number of halogens is 1. The third-order valence-electron chi connectivity index (χ3n) is 5.87. The summed E-state index contributed by atoms with van der Waals surface area (Å²) >= 11 is 0. The van der Waals surface area contributed by atoms with E-state index >= 15 is 0 Å². The van der Waals surface area contributed by atoms with Gasteiger partial charge in [-0.1, -0.05) is 12.1 Å². The monoisotopic (exact) mass is 350 g/mol. The Hall–Kier alpha value is -2.76. The van der Waals surface area contributed by atoms with E-state index in [0.717, 1.165) is 31.2 Å². The average Bonchev–Trinajstić information content (AvgIpc) is 3.23. The predicted octanol–water partition coefficient (Wildman–Crippen LogP) is 3.65. The van der Waals surface area contributed by atoms with E-state index in [1.165, 1.54) is 17.7 Å². The molecule has 1 aromatic heterocycles. The molecular formula is C20H19FN4O. The van der Waals surface area contributed by atoms with Gasteiger partial charge in [-0.3, -0.25) is 4.79 Å². The first-order valence-electron chi connectivity index (χ1n) is 9.08. The molecule has 2 fully saturated rings. The van der Waals surface area contributed by atoms with Crippen LogP contribution in [-0.4, -0.2) is 38.3 Å². The number of nitrogens with zero attached hydrogens (tertiary/aromatic N) is 3. The van der Waals surface area contributed by atoms with Crippen molar-refractivity contribution in [2.45, 2.75) is 43.7 Å². The zero-order valence-electron chi connectivity index (χ0n) is 14.2. The Labute approximate surface area is 150 Å². The number of H-pyrrole nitrogens is 1. The highest BCUT2D eigenvalue weighted by Gasteiger charge is 2.43. The number of fused-ring (bicyclic) bond motifs is 3. The highest BCUT2D eigenvalue weighted by molar-refractivity contribution is 5.97. The molecule has 0 radical (unpaired) electrons. The lowest BCUT2D eigenvalue weighted by molar-refractivity contribution is 0.0571. The van der Waals surface area contributed by atoms with Crippen LogP contribution < -0.4 is 0 Å². The molecule has 1 unspecified atom stereocenters. The molecule has 2 saturated heterocycles. The molecule has 1 N–H and O–H groups in total. The van der Waals surface area contributed by atoms with Crippen molar-refractivity contribution < 1.29 is 9.18 Å². The van der Waals surface area contributed by atoms with Gasteiger partial charge < -0.3 is 4.90 Å². The lowest BCUT2D eigenvalue weighted by atomic mass is 9.85. The molecule has 6 heteroatoms. The van der Waals surface area contributed by atoms with E-state index in [2.05, 4.69) is 20.3 Å². The summed E-state index contributed by atoms with van der Waals surface area (Å²) in [5, 5.41) is 10.7. The van der Waals surface area contributed by atoms with Gasteiger partial charge in [0.15, 0.2) is 0 Å². The van der Waals surface area contributed by atoms with Gasteiger partial charge in [0, 0.05) is 17.6 Å². The van der Waals surface area contributed by atoms with Crippen LogP contribution in [0.2, 0.25) is 0 Å². The number of hydrogen-bond acceptors (Lipinski definition) is 3. The van der Waals surface area contributed by atoms with Crippen LogP contribution in [-0.2, 0) is 0 Å². The van der Waals surface area contributed by atoms with E-state index in [1.54, 1.807) is 0 Å². The smallest absolute Gasteiger partial charge is 0.254 e. The molecule has 132 valence electrons. The minimum Gasteiger partial charge on any atom is -0.333 e. The molecule has 3 heterocycles. The topological polar surface area (TPSA) is 61.9 Å². The van der Waals surface area contributed by atoms with Gasteiger partial charge in [0.1, 0.15) is 16.9 Å². The lowest BCUT2D eigenvalue weighted by Gasteiger charge is -2.39. The van der Waals surface area contributed by atoms with E-state index in [9.17, 15) is 9.18 Å². The quantitative estimate of drug-likeness (QED) is 0.767. The van der Waals surface area contributed by atoms with Crippen molar-refractivity contribution in [3.05, 3.63) is 59.4 Å². The van der Waals surface area contributed by atoms with Gasteiger partial charge >= 0.3 is 0 Å². The summed E-state index contributed by atoms with van der Waals surface area (Å²) in [6.07, 6.45) is 3.97. The third-order valence-corrected chi connectivity index (χ3v) is 5.87. The third kappa shape index (κ3) is 2.48. The summed E-state index contributed by atoms with van der Waals surface area (Å²) < 4.78 is 13.2. The fourth-order valence-electron chi connectivity index (χ4n) is 4.64. The summed E-state index contributed by atoms with van der Waals surface area (Å²) in [6.45, 7) is 0. The fourth-order valence-corrected chi connectivity index (χ4v) is 4.64. The highest BCUT2D eigenvalue weighted by atomic mass is 19.1. The Kier molecular flexibility index (Phi) is 3.51. The molecule has 2 aliphatic heterocycles. The first-order chi connectivity index (χ1) is 12.7. The molecule has 2 bridgehead atoms. The minimum absolute atomic E-state index is 0.0833. The lowest BCUT2D eigenvalue weighted by Crippen LogP contribution is -2.46. The molecule has 0 aliphatic carbocycles. The van der Waals surface area contributed by atoms with E-state index in [1.807, 2.05) is 30.3 Å². The van der Waals surface area contributed by atoms with Gasteiger partial charge in [-0.05, 0) is 67.5 Å². The normalized spacial score (nSPS) is 25.0. The van der Waals surface area contributed by atoms with Gasteiger partial charge in [-0.2, -0.15) is 15.4 Å². The van der Waals surface area contributed by atoms with Crippen molar-refractivity contribution in [3.8, 4) is 0 Å². The Bertz CT molecular complexity index is 953. The van der Waals surface area contributed by atoms with Crippen LogP contribution in [0.25, 0.3) is 11.0 Å². The molecule has 5 rings (SSSR count). The second-order valence-corrected chi connectivity index (χ2v) is 7.34. The number of rotatable bonds is 2. The maximum Gasteiger partial charge on any atom is 0.254 e. The number of aromatic nitrogens is 3. The number of benzene rings is 2. The Balaban J connectivity index is 1.39. The second kappa shape index (κ2) is 5.90. The van der Waals surface area contributed by atoms with Gasteiger partial charge in [0.05, 0.1) is 0 Å². The first-order valence-corrected chi connectivity index (χ1v) is 9.08. The van der Waals surface area contributed by atoms with Crippen molar-refractivity contribution in [3.63, 3.8) is 0 Å². The fraction of sp³-hybridized carbons (Fsp3) is 0.350. The number of carbonyl (C=O) groups is 1. The Morgan fingerprint density at radius 3 is 2.42 bits per heavy atom.